The summed E-state index contributed by atoms with van der Waals surface area (Å²) >= 11 is 0. The molecule has 0 amide bonds. The van der Waals surface area contributed by atoms with Gasteiger partial charge in [-0.15, -0.1) is 0 Å². The van der Waals surface area contributed by atoms with Gasteiger partial charge in [0.05, 0.1) is 0 Å². The second-order valence-corrected chi connectivity index (χ2v) is 3.77. The van der Waals surface area contributed by atoms with Gasteiger partial charge in [-0.1, -0.05) is 0 Å². The van der Waals surface area contributed by atoms with Crippen LogP contribution in [0.15, 0.2) is 12.4 Å². The molecule has 0 atom stereocenters. The minimum absolute atomic E-state index is 0.312. The second kappa shape index (κ2) is 3.89. The predicted octanol–water partition coefficient (Wildman–Crippen LogP) is 0.890. The molecule has 1 saturated heterocycles. The van der Waals surface area contributed by atoms with Crippen LogP contribution in [0.3, 0.4) is 0 Å². The molecule has 2 rings (SSSR count). The zero-order chi connectivity index (χ0) is 11.8. The highest BCUT2D eigenvalue weighted by atomic mass is 19.4. The van der Waals surface area contributed by atoms with E-state index < -0.39 is 11.9 Å². The standard InChI is InChI=1S/C9H11F3N4/c10-9(11,12)7-1-8(15-5-14-7)16-3-6(2-13)4-16/h1,5-6H,2-4,13H2. The Morgan fingerprint density at radius 3 is 2.62 bits per heavy atom. The number of nitrogens with zero attached hydrogens (tertiary/aromatic N) is 3. The van der Waals surface area contributed by atoms with E-state index in [0.29, 0.717) is 31.4 Å². The first kappa shape index (κ1) is 11.1. The van der Waals surface area contributed by atoms with Gasteiger partial charge in [0.1, 0.15) is 17.8 Å². The van der Waals surface area contributed by atoms with Gasteiger partial charge in [0.25, 0.3) is 0 Å². The normalized spacial score (nSPS) is 17.4. The lowest BCUT2D eigenvalue weighted by atomic mass is 10.0. The molecule has 1 aromatic heterocycles. The largest absolute Gasteiger partial charge is 0.433 e. The molecule has 4 nitrogen and oxygen atoms in total. The molecule has 2 N–H and O–H groups in total. The molecule has 0 radical (unpaired) electrons. The number of hydrogen-bond acceptors (Lipinski definition) is 4. The van der Waals surface area contributed by atoms with Crippen molar-refractivity contribution in [3.63, 3.8) is 0 Å². The maximum Gasteiger partial charge on any atom is 0.433 e. The van der Waals surface area contributed by atoms with Crippen molar-refractivity contribution in [2.45, 2.75) is 6.18 Å². The van der Waals surface area contributed by atoms with Crippen molar-refractivity contribution in [1.82, 2.24) is 9.97 Å². The Balaban J connectivity index is 2.12. The fourth-order valence-electron chi connectivity index (χ4n) is 1.58. The Hall–Kier alpha value is -1.37. The predicted molar refractivity (Wildman–Crippen MR) is 51.8 cm³/mol. The number of nitrogens with two attached hydrogens (primary N) is 1. The Labute approximate surface area is 90.3 Å². The molecule has 0 bridgehead atoms. The van der Waals surface area contributed by atoms with Gasteiger partial charge in [-0.2, -0.15) is 13.2 Å². The summed E-state index contributed by atoms with van der Waals surface area (Å²) in [4.78, 5) is 8.78. The summed E-state index contributed by atoms with van der Waals surface area (Å²) in [5.74, 6) is 0.663. The highest BCUT2D eigenvalue weighted by Gasteiger charge is 2.34. The van der Waals surface area contributed by atoms with Gasteiger partial charge in [-0.25, -0.2) is 9.97 Å². The van der Waals surface area contributed by atoms with Crippen LogP contribution in [-0.2, 0) is 6.18 Å². The Kier molecular flexibility index (Phi) is 2.71. The van der Waals surface area contributed by atoms with Crippen molar-refractivity contribution < 1.29 is 13.2 Å². The summed E-state index contributed by atoms with van der Waals surface area (Å²) < 4.78 is 37.1. The molecule has 1 aromatic rings. The maximum atomic E-state index is 12.4. The second-order valence-electron chi connectivity index (χ2n) is 3.77. The molecule has 0 aromatic carbocycles. The van der Waals surface area contributed by atoms with E-state index in [1.165, 1.54) is 0 Å². The van der Waals surface area contributed by atoms with E-state index in [2.05, 4.69) is 9.97 Å². The van der Waals surface area contributed by atoms with E-state index in [0.717, 1.165) is 12.4 Å². The molecule has 0 unspecified atom stereocenters. The molecule has 16 heavy (non-hydrogen) atoms. The van der Waals surface area contributed by atoms with Crippen LogP contribution in [0.4, 0.5) is 19.0 Å². The van der Waals surface area contributed by atoms with Crippen LogP contribution in [0.2, 0.25) is 0 Å². The van der Waals surface area contributed by atoms with Gasteiger partial charge in [-0.3, -0.25) is 0 Å². The molecule has 2 heterocycles. The van der Waals surface area contributed by atoms with E-state index in [4.69, 9.17) is 5.73 Å². The van der Waals surface area contributed by atoms with Gasteiger partial charge < -0.3 is 10.6 Å². The first-order valence-corrected chi connectivity index (χ1v) is 4.85. The minimum atomic E-state index is -4.42. The molecule has 0 spiro atoms. The zero-order valence-electron chi connectivity index (χ0n) is 8.41. The monoisotopic (exact) mass is 232 g/mol. The summed E-state index contributed by atoms with van der Waals surface area (Å²) in [6.45, 7) is 1.86. The van der Waals surface area contributed by atoms with Crippen molar-refractivity contribution in [3.8, 4) is 0 Å². The van der Waals surface area contributed by atoms with E-state index in [-0.39, 0.29) is 0 Å². The highest BCUT2D eigenvalue weighted by molar-refractivity contribution is 5.42. The lowest BCUT2D eigenvalue weighted by Gasteiger charge is -2.39. The summed E-state index contributed by atoms with van der Waals surface area (Å²) in [6.07, 6.45) is -3.48. The number of rotatable bonds is 2. The molecular formula is C9H11F3N4. The van der Waals surface area contributed by atoms with Crippen LogP contribution >= 0.6 is 0 Å². The zero-order valence-corrected chi connectivity index (χ0v) is 8.41. The third-order valence-corrected chi connectivity index (χ3v) is 2.56. The van der Waals surface area contributed by atoms with Gasteiger partial charge in [0.2, 0.25) is 0 Å². The Morgan fingerprint density at radius 2 is 2.06 bits per heavy atom. The minimum Gasteiger partial charge on any atom is -0.356 e. The van der Waals surface area contributed by atoms with E-state index in [9.17, 15) is 13.2 Å². The summed E-state index contributed by atoms with van der Waals surface area (Å²) in [5, 5.41) is 0. The van der Waals surface area contributed by atoms with Crippen LogP contribution in [0, 0.1) is 5.92 Å². The Bertz CT molecular complexity index is 373. The summed E-state index contributed by atoms with van der Waals surface area (Å²) in [5.41, 5.74) is 4.53. The van der Waals surface area contributed by atoms with Crippen molar-refractivity contribution in [2.75, 3.05) is 24.5 Å². The smallest absolute Gasteiger partial charge is 0.356 e. The van der Waals surface area contributed by atoms with E-state index in [1.54, 1.807) is 4.90 Å². The van der Waals surface area contributed by atoms with Gasteiger partial charge in [-0.05, 0) is 6.54 Å². The Morgan fingerprint density at radius 1 is 1.38 bits per heavy atom. The molecular weight excluding hydrogens is 221 g/mol. The first-order valence-electron chi connectivity index (χ1n) is 4.85. The lowest BCUT2D eigenvalue weighted by Crippen LogP contribution is -2.50. The number of halogens is 3. The van der Waals surface area contributed by atoms with Crippen molar-refractivity contribution in [1.29, 1.82) is 0 Å². The average Bonchev–Trinajstić information content (AvgIpc) is 2.15. The van der Waals surface area contributed by atoms with Crippen molar-refractivity contribution >= 4 is 5.82 Å². The quantitative estimate of drug-likeness (QED) is 0.822. The third-order valence-electron chi connectivity index (χ3n) is 2.56. The van der Waals surface area contributed by atoms with E-state index >= 15 is 0 Å². The fraction of sp³-hybridized carbons (Fsp3) is 0.556. The van der Waals surface area contributed by atoms with E-state index in [1.807, 2.05) is 0 Å². The van der Waals surface area contributed by atoms with Gasteiger partial charge in [0, 0.05) is 25.1 Å². The SMILES string of the molecule is NCC1CN(c2cc(C(F)(F)F)ncn2)C1. The first-order chi connectivity index (χ1) is 7.50. The van der Waals surface area contributed by atoms with Crippen LogP contribution in [0.5, 0.6) is 0 Å². The van der Waals surface area contributed by atoms with Crippen LogP contribution in [0.1, 0.15) is 5.69 Å². The molecule has 88 valence electrons. The van der Waals surface area contributed by atoms with Gasteiger partial charge >= 0.3 is 6.18 Å². The van der Waals surface area contributed by atoms with Crippen LogP contribution in [-0.4, -0.2) is 29.6 Å². The van der Waals surface area contributed by atoms with Crippen LogP contribution in [0.25, 0.3) is 0 Å². The third kappa shape index (κ3) is 2.08. The molecule has 0 aliphatic carbocycles. The topological polar surface area (TPSA) is 55.0 Å². The molecule has 0 saturated carbocycles. The van der Waals surface area contributed by atoms with Gasteiger partial charge in [0.15, 0.2) is 0 Å². The number of hydrogen-bond donors (Lipinski definition) is 1. The molecule has 1 aliphatic heterocycles. The summed E-state index contributed by atoms with van der Waals surface area (Å²) in [6, 6.07) is 0.965. The molecule has 1 aliphatic rings. The van der Waals surface area contributed by atoms with Crippen molar-refractivity contribution in [2.24, 2.45) is 11.7 Å². The number of anilines is 1. The fourth-order valence-corrected chi connectivity index (χ4v) is 1.58. The lowest BCUT2D eigenvalue weighted by molar-refractivity contribution is -0.141. The highest BCUT2D eigenvalue weighted by Crippen LogP contribution is 2.30. The maximum absolute atomic E-state index is 12.4. The number of alkyl halides is 3. The molecule has 7 heteroatoms. The van der Waals surface area contributed by atoms with Crippen LogP contribution < -0.4 is 10.6 Å². The number of aromatic nitrogens is 2. The average molecular weight is 232 g/mol. The summed E-state index contributed by atoms with van der Waals surface area (Å²) in [7, 11) is 0. The molecule has 1 fully saturated rings. The van der Waals surface area contributed by atoms with Crippen molar-refractivity contribution in [3.05, 3.63) is 18.1 Å².